The molecule has 1 fully saturated rings. The Morgan fingerprint density at radius 3 is 2.74 bits per heavy atom. The molecule has 2 rings (SSSR count). The molecule has 0 aromatic heterocycles. The van der Waals surface area contributed by atoms with Crippen molar-refractivity contribution in [3.63, 3.8) is 0 Å². The lowest BCUT2D eigenvalue weighted by atomic mass is 10.0. The average Bonchev–Trinajstić information content (AvgIpc) is 2.39. The predicted octanol–water partition coefficient (Wildman–Crippen LogP) is 1.71. The van der Waals surface area contributed by atoms with Gasteiger partial charge in [0.05, 0.1) is 0 Å². The van der Waals surface area contributed by atoms with Gasteiger partial charge in [0.25, 0.3) is 5.91 Å². The first-order valence-electron chi connectivity index (χ1n) is 6.66. The summed E-state index contributed by atoms with van der Waals surface area (Å²) < 4.78 is 0. The van der Waals surface area contributed by atoms with Crippen LogP contribution in [0.5, 0.6) is 0 Å². The highest BCUT2D eigenvalue weighted by Crippen LogP contribution is 2.10. The van der Waals surface area contributed by atoms with E-state index in [0.29, 0.717) is 11.1 Å². The van der Waals surface area contributed by atoms with Crippen LogP contribution in [0.2, 0.25) is 0 Å². The number of hydrogen-bond acceptors (Lipinski definition) is 3. The predicted molar refractivity (Wildman–Crippen MR) is 74.4 cm³/mol. The average molecular weight is 260 g/mol. The Labute approximate surface area is 113 Å². The van der Waals surface area contributed by atoms with E-state index in [1.165, 1.54) is 6.92 Å². The number of benzene rings is 1. The summed E-state index contributed by atoms with van der Waals surface area (Å²) in [6.07, 6.45) is 2.12. The van der Waals surface area contributed by atoms with Crippen molar-refractivity contribution in [2.24, 2.45) is 0 Å². The van der Waals surface area contributed by atoms with Gasteiger partial charge in [0.15, 0.2) is 5.78 Å². The van der Waals surface area contributed by atoms with Crippen LogP contribution >= 0.6 is 0 Å². The molecule has 1 aromatic carbocycles. The lowest BCUT2D eigenvalue weighted by Crippen LogP contribution is -2.46. The molecule has 4 heteroatoms. The molecular formula is C15H20N2O2. The number of carbonyl (C=O) groups excluding carboxylic acids is 2. The summed E-state index contributed by atoms with van der Waals surface area (Å²) in [5, 5.41) is 3.04. The molecule has 4 nitrogen and oxygen atoms in total. The van der Waals surface area contributed by atoms with Crippen molar-refractivity contribution in [1.82, 2.24) is 10.2 Å². The summed E-state index contributed by atoms with van der Waals surface area (Å²) in [7, 11) is 2.06. The molecule has 1 aromatic rings. The maximum Gasteiger partial charge on any atom is 0.251 e. The van der Waals surface area contributed by atoms with E-state index in [0.717, 1.165) is 25.9 Å². The fourth-order valence-corrected chi connectivity index (χ4v) is 2.43. The van der Waals surface area contributed by atoms with Crippen LogP contribution in [0.4, 0.5) is 0 Å². The minimum atomic E-state index is -0.0941. The zero-order valence-corrected chi connectivity index (χ0v) is 11.5. The number of nitrogens with one attached hydrogen (secondary N) is 1. The van der Waals surface area contributed by atoms with E-state index in [1.54, 1.807) is 24.3 Å². The number of ketones is 1. The van der Waals surface area contributed by atoms with Crippen LogP contribution in [0, 0.1) is 0 Å². The fourth-order valence-electron chi connectivity index (χ4n) is 2.43. The van der Waals surface area contributed by atoms with E-state index in [4.69, 9.17) is 0 Å². The molecule has 1 aliphatic rings. The SMILES string of the molecule is CC(=O)c1cccc(C(=O)N[C@@H]2CCCN(C)C2)c1. The van der Waals surface area contributed by atoms with Gasteiger partial charge in [0.2, 0.25) is 0 Å². The molecule has 1 heterocycles. The van der Waals surface area contributed by atoms with Gasteiger partial charge in [-0.05, 0) is 45.5 Å². The Morgan fingerprint density at radius 2 is 2.05 bits per heavy atom. The Balaban J connectivity index is 2.03. The Bertz CT molecular complexity index is 485. The van der Waals surface area contributed by atoms with Crippen LogP contribution in [0.25, 0.3) is 0 Å². The normalized spacial score (nSPS) is 20.0. The monoisotopic (exact) mass is 260 g/mol. The number of likely N-dealkylation sites (N-methyl/N-ethyl adjacent to an activating group) is 1. The Morgan fingerprint density at radius 1 is 1.32 bits per heavy atom. The highest BCUT2D eigenvalue weighted by Gasteiger charge is 2.19. The quantitative estimate of drug-likeness (QED) is 0.842. The lowest BCUT2D eigenvalue weighted by molar-refractivity contribution is 0.0912. The lowest BCUT2D eigenvalue weighted by Gasteiger charge is -2.30. The molecule has 0 aliphatic carbocycles. The van der Waals surface area contributed by atoms with Gasteiger partial charge < -0.3 is 10.2 Å². The Hall–Kier alpha value is -1.68. The smallest absolute Gasteiger partial charge is 0.251 e. The number of likely N-dealkylation sites (tertiary alicyclic amines) is 1. The van der Waals surface area contributed by atoms with Gasteiger partial charge in [-0.15, -0.1) is 0 Å². The van der Waals surface area contributed by atoms with Crippen molar-refractivity contribution in [1.29, 1.82) is 0 Å². The third kappa shape index (κ3) is 3.64. The number of nitrogens with zero attached hydrogens (tertiary/aromatic N) is 1. The minimum Gasteiger partial charge on any atom is -0.348 e. The number of amides is 1. The molecule has 0 saturated carbocycles. The second-order valence-corrected chi connectivity index (χ2v) is 5.21. The van der Waals surface area contributed by atoms with Crippen molar-refractivity contribution in [3.8, 4) is 0 Å². The van der Waals surface area contributed by atoms with Crippen LogP contribution in [-0.4, -0.2) is 42.8 Å². The van der Waals surface area contributed by atoms with Gasteiger partial charge in [0.1, 0.15) is 0 Å². The molecule has 1 atom stereocenters. The van der Waals surface area contributed by atoms with E-state index >= 15 is 0 Å². The number of carbonyl (C=O) groups is 2. The van der Waals surface area contributed by atoms with Gasteiger partial charge in [-0.1, -0.05) is 12.1 Å². The summed E-state index contributed by atoms with van der Waals surface area (Å²) in [5.74, 6) is -0.115. The standard InChI is InChI=1S/C15H20N2O2/c1-11(18)12-5-3-6-13(9-12)15(19)16-14-7-4-8-17(2)10-14/h3,5-6,9,14H,4,7-8,10H2,1-2H3,(H,16,19)/t14-/m1/s1. The van der Waals surface area contributed by atoms with Crippen molar-refractivity contribution >= 4 is 11.7 Å². The van der Waals surface area contributed by atoms with Crippen LogP contribution < -0.4 is 5.32 Å². The zero-order valence-electron chi connectivity index (χ0n) is 11.5. The summed E-state index contributed by atoms with van der Waals surface area (Å²) in [5.41, 5.74) is 1.13. The molecular weight excluding hydrogens is 240 g/mol. The second kappa shape index (κ2) is 5.97. The van der Waals surface area contributed by atoms with Gasteiger partial charge in [-0.2, -0.15) is 0 Å². The molecule has 0 spiro atoms. The molecule has 1 amide bonds. The van der Waals surface area contributed by atoms with Crippen LogP contribution in [0.1, 0.15) is 40.5 Å². The highest BCUT2D eigenvalue weighted by atomic mass is 16.1. The first-order valence-corrected chi connectivity index (χ1v) is 6.66. The molecule has 1 saturated heterocycles. The summed E-state index contributed by atoms with van der Waals surface area (Å²) in [6, 6.07) is 7.08. The van der Waals surface area contributed by atoms with E-state index < -0.39 is 0 Å². The molecule has 0 bridgehead atoms. The van der Waals surface area contributed by atoms with E-state index in [9.17, 15) is 9.59 Å². The molecule has 0 unspecified atom stereocenters. The first kappa shape index (κ1) is 13.7. The van der Waals surface area contributed by atoms with Gasteiger partial charge >= 0.3 is 0 Å². The number of piperidine rings is 1. The molecule has 1 aliphatic heterocycles. The Kier molecular flexibility index (Phi) is 4.32. The second-order valence-electron chi connectivity index (χ2n) is 5.21. The van der Waals surface area contributed by atoms with Gasteiger partial charge in [-0.25, -0.2) is 0 Å². The van der Waals surface area contributed by atoms with Crippen molar-refractivity contribution < 1.29 is 9.59 Å². The largest absolute Gasteiger partial charge is 0.348 e. The first-order chi connectivity index (χ1) is 9.06. The third-order valence-corrected chi connectivity index (χ3v) is 3.49. The topological polar surface area (TPSA) is 49.4 Å². The minimum absolute atomic E-state index is 0.0213. The number of hydrogen-bond donors (Lipinski definition) is 1. The maximum absolute atomic E-state index is 12.2. The molecule has 1 N–H and O–H groups in total. The van der Waals surface area contributed by atoms with E-state index in [2.05, 4.69) is 17.3 Å². The van der Waals surface area contributed by atoms with Crippen molar-refractivity contribution in [2.45, 2.75) is 25.8 Å². The van der Waals surface area contributed by atoms with Crippen molar-refractivity contribution in [2.75, 3.05) is 20.1 Å². The summed E-state index contributed by atoms with van der Waals surface area (Å²) in [4.78, 5) is 25.7. The van der Waals surface area contributed by atoms with Gasteiger partial charge in [-0.3, -0.25) is 9.59 Å². The fraction of sp³-hybridized carbons (Fsp3) is 0.467. The summed E-state index contributed by atoms with van der Waals surface area (Å²) in [6.45, 7) is 3.48. The van der Waals surface area contributed by atoms with Gasteiger partial charge in [0, 0.05) is 23.7 Å². The zero-order chi connectivity index (χ0) is 13.8. The molecule has 102 valence electrons. The molecule has 0 radical (unpaired) electrons. The van der Waals surface area contributed by atoms with Crippen LogP contribution in [-0.2, 0) is 0 Å². The van der Waals surface area contributed by atoms with Crippen LogP contribution in [0.3, 0.4) is 0 Å². The van der Waals surface area contributed by atoms with Crippen molar-refractivity contribution in [3.05, 3.63) is 35.4 Å². The number of rotatable bonds is 3. The van der Waals surface area contributed by atoms with Crippen LogP contribution in [0.15, 0.2) is 24.3 Å². The number of Topliss-reactive ketones (excluding diaryl/α,β-unsaturated/α-hetero) is 1. The molecule has 19 heavy (non-hydrogen) atoms. The van der Waals surface area contributed by atoms with E-state index in [-0.39, 0.29) is 17.7 Å². The third-order valence-electron chi connectivity index (χ3n) is 3.49. The maximum atomic E-state index is 12.2. The highest BCUT2D eigenvalue weighted by molar-refractivity contribution is 5.99. The van der Waals surface area contributed by atoms with E-state index in [1.807, 2.05) is 0 Å². The summed E-state index contributed by atoms with van der Waals surface area (Å²) >= 11 is 0.